The molecular formula is C14H19N3O2S. The largest absolute Gasteiger partial charge is 0.450 e. The second-order valence-corrected chi connectivity index (χ2v) is 5.40. The number of hydrogen-bond donors (Lipinski definition) is 1. The highest BCUT2D eigenvalue weighted by Crippen LogP contribution is 2.18. The van der Waals surface area contributed by atoms with E-state index in [1.807, 2.05) is 28.8 Å². The minimum atomic E-state index is -0.333. The van der Waals surface area contributed by atoms with Gasteiger partial charge in [0.05, 0.1) is 11.6 Å². The summed E-state index contributed by atoms with van der Waals surface area (Å²) in [5.41, 5.74) is 0.932. The van der Waals surface area contributed by atoms with Crippen molar-refractivity contribution >= 4 is 23.5 Å². The van der Waals surface area contributed by atoms with Crippen molar-refractivity contribution in [3.8, 4) is 0 Å². The number of amides is 1. The third kappa shape index (κ3) is 4.16. The normalized spacial score (nSPS) is 10.7. The van der Waals surface area contributed by atoms with Crippen molar-refractivity contribution in [1.29, 1.82) is 0 Å². The smallest absolute Gasteiger partial charge is 0.407 e. The zero-order valence-corrected chi connectivity index (χ0v) is 12.4. The van der Waals surface area contributed by atoms with Crippen LogP contribution in [0.25, 0.3) is 5.65 Å². The number of hydrogen-bond acceptors (Lipinski definition) is 4. The summed E-state index contributed by atoms with van der Waals surface area (Å²) in [4.78, 5) is 15.6. The molecule has 0 spiro atoms. The number of nitrogens with zero attached hydrogens (tertiary/aromatic N) is 2. The zero-order chi connectivity index (χ0) is 14.2. The summed E-state index contributed by atoms with van der Waals surface area (Å²) in [6, 6.07) is 5.99. The van der Waals surface area contributed by atoms with Gasteiger partial charge in [0.2, 0.25) is 0 Å². The SMILES string of the molecule is CCCCOC(=O)NCCSc1cccc2nccn12. The summed E-state index contributed by atoms with van der Waals surface area (Å²) in [6.07, 6.45) is 5.32. The summed E-state index contributed by atoms with van der Waals surface area (Å²) in [7, 11) is 0. The molecule has 108 valence electrons. The molecule has 6 heteroatoms. The van der Waals surface area contributed by atoms with Crippen molar-refractivity contribution in [3.05, 3.63) is 30.6 Å². The fraction of sp³-hybridized carbons (Fsp3) is 0.429. The molecule has 2 heterocycles. The van der Waals surface area contributed by atoms with Crippen LogP contribution >= 0.6 is 11.8 Å². The van der Waals surface area contributed by atoms with E-state index in [9.17, 15) is 4.79 Å². The zero-order valence-electron chi connectivity index (χ0n) is 11.5. The second kappa shape index (κ2) is 7.79. The molecule has 0 aliphatic heterocycles. The lowest BCUT2D eigenvalue weighted by Gasteiger charge is -2.07. The van der Waals surface area contributed by atoms with Gasteiger partial charge in [-0.05, 0) is 18.6 Å². The van der Waals surface area contributed by atoms with Gasteiger partial charge in [0.25, 0.3) is 0 Å². The molecule has 0 bridgehead atoms. The Labute approximate surface area is 122 Å². The topological polar surface area (TPSA) is 55.6 Å². The van der Waals surface area contributed by atoms with Crippen molar-refractivity contribution in [2.75, 3.05) is 18.9 Å². The molecular weight excluding hydrogens is 274 g/mol. The molecule has 20 heavy (non-hydrogen) atoms. The maximum absolute atomic E-state index is 11.3. The van der Waals surface area contributed by atoms with E-state index in [2.05, 4.69) is 17.2 Å². The van der Waals surface area contributed by atoms with Crippen molar-refractivity contribution in [1.82, 2.24) is 14.7 Å². The van der Waals surface area contributed by atoms with Gasteiger partial charge in [0, 0.05) is 24.7 Å². The van der Waals surface area contributed by atoms with E-state index in [1.165, 1.54) is 0 Å². The van der Waals surface area contributed by atoms with Crippen LogP contribution in [0, 0.1) is 0 Å². The lowest BCUT2D eigenvalue weighted by Crippen LogP contribution is -2.26. The number of carbonyl (C=O) groups excluding carboxylic acids is 1. The molecule has 5 nitrogen and oxygen atoms in total. The van der Waals surface area contributed by atoms with Crippen molar-refractivity contribution in [2.45, 2.75) is 24.8 Å². The predicted molar refractivity (Wildman–Crippen MR) is 80.2 cm³/mol. The summed E-state index contributed by atoms with van der Waals surface area (Å²) >= 11 is 1.68. The van der Waals surface area contributed by atoms with E-state index in [-0.39, 0.29) is 6.09 Å². The quantitative estimate of drug-likeness (QED) is 0.630. The number of thioether (sulfide) groups is 1. The Hall–Kier alpha value is -1.69. The van der Waals surface area contributed by atoms with Gasteiger partial charge in [-0.3, -0.25) is 4.40 Å². The summed E-state index contributed by atoms with van der Waals surface area (Å²) in [6.45, 7) is 3.14. The van der Waals surface area contributed by atoms with Crippen LogP contribution in [-0.2, 0) is 4.74 Å². The van der Waals surface area contributed by atoms with E-state index in [1.54, 1.807) is 18.0 Å². The highest BCUT2D eigenvalue weighted by Gasteiger charge is 2.03. The van der Waals surface area contributed by atoms with Gasteiger partial charge in [0.1, 0.15) is 5.65 Å². The minimum Gasteiger partial charge on any atom is -0.450 e. The van der Waals surface area contributed by atoms with E-state index >= 15 is 0 Å². The van der Waals surface area contributed by atoms with E-state index in [4.69, 9.17) is 4.74 Å². The molecule has 1 amide bonds. The van der Waals surface area contributed by atoms with Crippen LogP contribution in [0.4, 0.5) is 4.79 Å². The number of alkyl carbamates (subject to hydrolysis) is 1. The first-order valence-electron chi connectivity index (χ1n) is 6.76. The van der Waals surface area contributed by atoms with Gasteiger partial charge < -0.3 is 10.1 Å². The highest BCUT2D eigenvalue weighted by molar-refractivity contribution is 7.99. The molecule has 0 unspecified atom stereocenters. The van der Waals surface area contributed by atoms with Crippen LogP contribution in [0.3, 0.4) is 0 Å². The Balaban J connectivity index is 1.71. The Morgan fingerprint density at radius 2 is 2.40 bits per heavy atom. The van der Waals surface area contributed by atoms with Gasteiger partial charge in [-0.25, -0.2) is 9.78 Å². The van der Waals surface area contributed by atoms with Crippen LogP contribution in [0.2, 0.25) is 0 Å². The van der Waals surface area contributed by atoms with Gasteiger partial charge in [-0.15, -0.1) is 11.8 Å². The second-order valence-electron chi connectivity index (χ2n) is 4.28. The van der Waals surface area contributed by atoms with Crippen molar-refractivity contribution in [3.63, 3.8) is 0 Å². The minimum absolute atomic E-state index is 0.333. The molecule has 0 fully saturated rings. The first-order valence-corrected chi connectivity index (χ1v) is 7.75. The van der Waals surface area contributed by atoms with Gasteiger partial charge in [-0.2, -0.15) is 0 Å². The molecule has 2 rings (SSSR count). The molecule has 0 atom stereocenters. The average Bonchev–Trinajstić information content (AvgIpc) is 2.93. The molecule has 2 aromatic heterocycles. The average molecular weight is 293 g/mol. The number of ether oxygens (including phenoxy) is 1. The van der Waals surface area contributed by atoms with E-state index in [0.29, 0.717) is 13.2 Å². The first kappa shape index (κ1) is 14.7. The number of aromatic nitrogens is 2. The first-order chi connectivity index (χ1) is 9.81. The summed E-state index contributed by atoms with van der Waals surface area (Å²) < 4.78 is 7.05. The van der Waals surface area contributed by atoms with Crippen molar-refractivity contribution < 1.29 is 9.53 Å². The molecule has 1 N–H and O–H groups in total. The Morgan fingerprint density at radius 3 is 3.25 bits per heavy atom. The lowest BCUT2D eigenvalue weighted by atomic mass is 10.4. The third-order valence-corrected chi connectivity index (χ3v) is 3.78. The molecule has 0 radical (unpaired) electrons. The van der Waals surface area contributed by atoms with E-state index < -0.39 is 0 Å². The van der Waals surface area contributed by atoms with E-state index in [0.717, 1.165) is 29.3 Å². The summed E-state index contributed by atoms with van der Waals surface area (Å²) in [5.74, 6) is 0.792. The Morgan fingerprint density at radius 1 is 1.50 bits per heavy atom. The molecule has 0 aliphatic rings. The number of rotatable bonds is 7. The van der Waals surface area contributed by atoms with Crippen LogP contribution in [0.1, 0.15) is 19.8 Å². The van der Waals surface area contributed by atoms with Crippen LogP contribution in [-0.4, -0.2) is 34.4 Å². The van der Waals surface area contributed by atoms with Crippen molar-refractivity contribution in [2.24, 2.45) is 0 Å². The number of imidazole rings is 1. The molecule has 0 saturated carbocycles. The van der Waals surface area contributed by atoms with Crippen LogP contribution in [0.15, 0.2) is 35.6 Å². The van der Waals surface area contributed by atoms with Crippen LogP contribution < -0.4 is 5.32 Å². The number of nitrogens with one attached hydrogen (secondary N) is 1. The fourth-order valence-electron chi connectivity index (χ4n) is 1.71. The maximum atomic E-state index is 11.3. The predicted octanol–water partition coefficient (Wildman–Crippen LogP) is 2.95. The Bertz CT molecular complexity index is 556. The molecule has 0 saturated heterocycles. The van der Waals surface area contributed by atoms with Gasteiger partial charge in [-0.1, -0.05) is 19.4 Å². The number of carbonyl (C=O) groups is 1. The monoisotopic (exact) mass is 293 g/mol. The van der Waals surface area contributed by atoms with Gasteiger partial charge in [0.15, 0.2) is 0 Å². The van der Waals surface area contributed by atoms with Crippen LogP contribution in [0.5, 0.6) is 0 Å². The summed E-state index contributed by atoms with van der Waals surface area (Å²) in [5, 5.41) is 3.86. The highest BCUT2D eigenvalue weighted by atomic mass is 32.2. The number of pyridine rings is 1. The Kier molecular flexibility index (Phi) is 5.73. The maximum Gasteiger partial charge on any atom is 0.407 e. The third-order valence-electron chi connectivity index (χ3n) is 2.74. The molecule has 0 aliphatic carbocycles. The lowest BCUT2D eigenvalue weighted by molar-refractivity contribution is 0.145. The fourth-order valence-corrected chi connectivity index (χ4v) is 2.59. The number of fused-ring (bicyclic) bond motifs is 1. The molecule has 2 aromatic rings. The molecule has 0 aromatic carbocycles. The number of unbranched alkanes of at least 4 members (excludes halogenated alkanes) is 1. The standard InChI is InChI=1S/C14H19N3O2S/c1-2-3-10-19-14(18)16-8-11-20-13-6-4-5-12-15-7-9-17(12)13/h4-7,9H,2-3,8,10-11H2,1H3,(H,16,18). The van der Waals surface area contributed by atoms with Gasteiger partial charge >= 0.3 is 6.09 Å².